The molecule has 0 aliphatic carbocycles. The van der Waals surface area contributed by atoms with Gasteiger partial charge in [-0.25, -0.2) is 4.98 Å². The molecule has 1 atom stereocenters. The fourth-order valence-electron chi connectivity index (χ4n) is 1.60. The lowest BCUT2D eigenvalue weighted by molar-refractivity contribution is -0.384. The van der Waals surface area contributed by atoms with E-state index < -0.39 is 4.92 Å². The van der Waals surface area contributed by atoms with Gasteiger partial charge in [-0.15, -0.1) is 11.6 Å². The van der Waals surface area contributed by atoms with E-state index in [-0.39, 0.29) is 11.1 Å². The highest BCUT2D eigenvalue weighted by molar-refractivity contribution is 6.20. The molecule has 0 radical (unpaired) electrons. The summed E-state index contributed by atoms with van der Waals surface area (Å²) in [5.41, 5.74) is 1.31. The van der Waals surface area contributed by atoms with Crippen LogP contribution in [0.4, 0.5) is 5.69 Å². The van der Waals surface area contributed by atoms with Gasteiger partial charge in [0.25, 0.3) is 5.69 Å². The minimum atomic E-state index is -0.443. The van der Waals surface area contributed by atoms with Gasteiger partial charge >= 0.3 is 0 Å². The maximum atomic E-state index is 11.0. The van der Waals surface area contributed by atoms with Gasteiger partial charge in [0.2, 0.25) is 5.89 Å². The van der Waals surface area contributed by atoms with E-state index in [4.69, 9.17) is 16.0 Å². The van der Waals surface area contributed by atoms with Gasteiger partial charge in [-0.3, -0.25) is 10.1 Å². The van der Waals surface area contributed by atoms with Crippen molar-refractivity contribution in [2.75, 3.05) is 0 Å². The Morgan fingerprint density at radius 2 is 2.22 bits per heavy atom. The zero-order valence-electron chi connectivity index (χ0n) is 9.88. The molecule has 1 aromatic heterocycles. The number of halogens is 1. The van der Waals surface area contributed by atoms with Crippen LogP contribution in [0.3, 0.4) is 0 Å². The summed E-state index contributed by atoms with van der Waals surface area (Å²) < 4.78 is 5.43. The Bertz CT molecular complexity index is 593. The van der Waals surface area contributed by atoms with Crippen LogP contribution in [0.15, 0.2) is 28.8 Å². The molecule has 0 spiro atoms. The van der Waals surface area contributed by atoms with Crippen molar-refractivity contribution >= 4 is 17.3 Å². The molecule has 0 fully saturated rings. The maximum Gasteiger partial charge on any atom is 0.280 e. The Labute approximate surface area is 109 Å². The molecule has 1 unspecified atom stereocenters. The normalized spacial score (nSPS) is 12.4. The van der Waals surface area contributed by atoms with Gasteiger partial charge in [0.1, 0.15) is 5.38 Å². The van der Waals surface area contributed by atoms with Gasteiger partial charge in [-0.1, -0.05) is 6.07 Å². The highest BCUT2D eigenvalue weighted by atomic mass is 35.5. The molecule has 0 saturated carbocycles. The molecule has 0 saturated heterocycles. The van der Waals surface area contributed by atoms with Crippen molar-refractivity contribution in [3.8, 4) is 11.3 Å². The van der Waals surface area contributed by atoms with Crippen LogP contribution in [-0.2, 0) is 0 Å². The molecule has 0 bridgehead atoms. The Kier molecular flexibility index (Phi) is 3.34. The second-order valence-corrected chi connectivity index (χ2v) is 4.61. The number of aromatic nitrogens is 1. The lowest BCUT2D eigenvalue weighted by Crippen LogP contribution is -1.91. The quantitative estimate of drug-likeness (QED) is 0.480. The average Bonchev–Trinajstić information content (AvgIpc) is 2.77. The number of nitro benzene ring substituents is 1. The molecule has 0 amide bonds. The van der Waals surface area contributed by atoms with Crippen LogP contribution >= 0.6 is 11.6 Å². The maximum absolute atomic E-state index is 11.0. The topological polar surface area (TPSA) is 69.2 Å². The van der Waals surface area contributed by atoms with Crippen molar-refractivity contribution in [3.05, 3.63) is 46.0 Å². The van der Waals surface area contributed by atoms with E-state index in [9.17, 15) is 10.1 Å². The van der Waals surface area contributed by atoms with E-state index in [1.807, 2.05) is 6.92 Å². The molecule has 0 aliphatic heterocycles. The third-order valence-electron chi connectivity index (χ3n) is 2.48. The summed E-state index contributed by atoms with van der Waals surface area (Å²) in [5, 5.41) is 10.6. The molecule has 5 nitrogen and oxygen atoms in total. The standard InChI is InChI=1S/C12H11ClN2O3/c1-7-3-4-10(15(16)17)9(5-7)11-6-14-12(18-11)8(2)13/h3-6,8H,1-2H3. The molecule has 94 valence electrons. The Morgan fingerprint density at radius 3 is 2.78 bits per heavy atom. The van der Waals surface area contributed by atoms with E-state index in [1.54, 1.807) is 19.1 Å². The number of rotatable bonds is 3. The lowest BCUT2D eigenvalue weighted by atomic mass is 10.1. The second kappa shape index (κ2) is 4.78. The van der Waals surface area contributed by atoms with Crippen molar-refractivity contribution in [3.63, 3.8) is 0 Å². The fourth-order valence-corrected chi connectivity index (χ4v) is 1.70. The number of alkyl halides is 1. The zero-order chi connectivity index (χ0) is 13.3. The van der Waals surface area contributed by atoms with Crippen LogP contribution in [0.2, 0.25) is 0 Å². The minimum absolute atomic E-state index is 0.00877. The summed E-state index contributed by atoms with van der Waals surface area (Å²) in [5.74, 6) is 0.704. The van der Waals surface area contributed by atoms with Crippen molar-refractivity contribution in [2.45, 2.75) is 19.2 Å². The molecule has 0 aliphatic rings. The smallest absolute Gasteiger partial charge is 0.280 e. The van der Waals surface area contributed by atoms with Crippen LogP contribution in [-0.4, -0.2) is 9.91 Å². The molecule has 1 heterocycles. The van der Waals surface area contributed by atoms with E-state index in [1.165, 1.54) is 12.3 Å². The highest BCUT2D eigenvalue weighted by Crippen LogP contribution is 2.32. The average molecular weight is 267 g/mol. The molecular weight excluding hydrogens is 256 g/mol. The van der Waals surface area contributed by atoms with Crippen molar-refractivity contribution in [1.29, 1.82) is 0 Å². The van der Waals surface area contributed by atoms with Crippen LogP contribution in [0.5, 0.6) is 0 Å². The number of nitro groups is 1. The molecule has 18 heavy (non-hydrogen) atoms. The van der Waals surface area contributed by atoms with Crippen LogP contribution in [0, 0.1) is 17.0 Å². The summed E-state index contributed by atoms with van der Waals surface area (Å²) >= 11 is 5.85. The van der Waals surface area contributed by atoms with Gasteiger partial charge in [-0.05, 0) is 25.5 Å². The third kappa shape index (κ3) is 2.36. The summed E-state index contributed by atoms with van der Waals surface area (Å²) in [7, 11) is 0. The molecule has 1 aromatic carbocycles. The van der Waals surface area contributed by atoms with Gasteiger partial charge < -0.3 is 4.42 Å². The largest absolute Gasteiger partial charge is 0.439 e. The van der Waals surface area contributed by atoms with E-state index >= 15 is 0 Å². The summed E-state index contributed by atoms with van der Waals surface area (Å²) in [6.07, 6.45) is 1.45. The summed E-state index contributed by atoms with van der Waals surface area (Å²) in [4.78, 5) is 14.5. The number of oxazole rings is 1. The first-order valence-corrected chi connectivity index (χ1v) is 5.78. The molecule has 2 aromatic rings. The third-order valence-corrected chi connectivity index (χ3v) is 2.66. The predicted octanol–water partition coefficient (Wildman–Crippen LogP) is 3.86. The minimum Gasteiger partial charge on any atom is -0.439 e. The first-order chi connectivity index (χ1) is 8.49. The monoisotopic (exact) mass is 266 g/mol. The highest BCUT2D eigenvalue weighted by Gasteiger charge is 2.19. The Balaban J connectivity index is 2.54. The van der Waals surface area contributed by atoms with Crippen molar-refractivity contribution in [2.24, 2.45) is 0 Å². The second-order valence-electron chi connectivity index (χ2n) is 3.96. The number of hydrogen-bond donors (Lipinski definition) is 0. The SMILES string of the molecule is Cc1ccc([N+](=O)[O-])c(-c2cnc(C(C)Cl)o2)c1. The first-order valence-electron chi connectivity index (χ1n) is 5.34. The molecule has 2 rings (SSSR count). The van der Waals surface area contributed by atoms with Gasteiger partial charge in [0.05, 0.1) is 16.7 Å². The van der Waals surface area contributed by atoms with Crippen LogP contribution < -0.4 is 0 Å². The fraction of sp³-hybridized carbons (Fsp3) is 0.250. The van der Waals surface area contributed by atoms with Crippen LogP contribution in [0.1, 0.15) is 23.8 Å². The lowest BCUT2D eigenvalue weighted by Gasteiger charge is -2.01. The number of benzene rings is 1. The molecule has 6 heteroatoms. The Morgan fingerprint density at radius 1 is 1.50 bits per heavy atom. The van der Waals surface area contributed by atoms with Crippen molar-refractivity contribution in [1.82, 2.24) is 4.98 Å². The zero-order valence-corrected chi connectivity index (χ0v) is 10.6. The molecule has 0 N–H and O–H groups in total. The van der Waals surface area contributed by atoms with E-state index in [0.29, 0.717) is 17.2 Å². The summed E-state index contributed by atoms with van der Waals surface area (Å²) in [6, 6.07) is 4.83. The number of nitrogens with zero attached hydrogens (tertiary/aromatic N) is 2. The van der Waals surface area contributed by atoms with Gasteiger partial charge in [0, 0.05) is 6.07 Å². The van der Waals surface area contributed by atoms with Crippen molar-refractivity contribution < 1.29 is 9.34 Å². The van der Waals surface area contributed by atoms with Gasteiger partial charge in [-0.2, -0.15) is 0 Å². The Hall–Kier alpha value is -1.88. The first kappa shape index (κ1) is 12.6. The van der Waals surface area contributed by atoms with E-state index in [2.05, 4.69) is 4.98 Å². The summed E-state index contributed by atoms with van der Waals surface area (Å²) in [6.45, 7) is 3.58. The molecular formula is C12H11ClN2O3. The predicted molar refractivity (Wildman–Crippen MR) is 67.6 cm³/mol. The van der Waals surface area contributed by atoms with Crippen LogP contribution in [0.25, 0.3) is 11.3 Å². The number of aryl methyl sites for hydroxylation is 1. The van der Waals surface area contributed by atoms with Gasteiger partial charge in [0.15, 0.2) is 5.76 Å². The van der Waals surface area contributed by atoms with E-state index in [0.717, 1.165) is 5.56 Å². The number of hydrogen-bond acceptors (Lipinski definition) is 4.